The van der Waals surface area contributed by atoms with Crippen LogP contribution in [0.15, 0.2) is 35.1 Å². The highest BCUT2D eigenvalue weighted by molar-refractivity contribution is 9.10. The van der Waals surface area contributed by atoms with Crippen molar-refractivity contribution in [3.05, 3.63) is 51.8 Å². The van der Waals surface area contributed by atoms with Crippen LogP contribution in [0.5, 0.6) is 0 Å². The number of carbonyl (C=O) groups excluding carboxylic acids is 1. The predicted molar refractivity (Wildman–Crippen MR) is 93.0 cm³/mol. The number of nitrogens with one attached hydrogen (secondary N) is 2. The van der Waals surface area contributed by atoms with Crippen LogP contribution in [0.4, 0.5) is 0 Å². The summed E-state index contributed by atoms with van der Waals surface area (Å²) in [4.78, 5) is 12.6. The van der Waals surface area contributed by atoms with E-state index < -0.39 is 0 Å². The number of hydrogen-bond acceptors (Lipinski definition) is 3. The standard InChI is InChI=1S/C17H21BrN4O/c1-11-5-14(18)4-3-12(11)6-20-17(23)16-9-19-8-15(16)13-7-21-22(2)10-13/h3-5,7,10,15-16,19H,6,8-9H2,1-2H3,(H,20,23)/t15-,16+/m1/s1. The van der Waals surface area contributed by atoms with E-state index in [1.54, 1.807) is 4.68 Å². The van der Waals surface area contributed by atoms with Gasteiger partial charge in [0.1, 0.15) is 0 Å². The average Bonchev–Trinajstić information content (AvgIpc) is 3.14. The molecule has 2 atom stereocenters. The molecule has 0 spiro atoms. The Kier molecular flexibility index (Phi) is 4.82. The minimum Gasteiger partial charge on any atom is -0.352 e. The first kappa shape index (κ1) is 16.2. The molecular formula is C17H21BrN4O. The maximum Gasteiger partial charge on any atom is 0.225 e. The van der Waals surface area contributed by atoms with E-state index >= 15 is 0 Å². The fourth-order valence-corrected chi connectivity index (χ4v) is 3.58. The van der Waals surface area contributed by atoms with Crippen molar-refractivity contribution in [2.75, 3.05) is 13.1 Å². The molecule has 1 aromatic heterocycles. The van der Waals surface area contributed by atoms with Crippen LogP contribution >= 0.6 is 15.9 Å². The van der Waals surface area contributed by atoms with Crippen LogP contribution in [0.1, 0.15) is 22.6 Å². The van der Waals surface area contributed by atoms with Crippen LogP contribution in [0.25, 0.3) is 0 Å². The van der Waals surface area contributed by atoms with Crippen molar-refractivity contribution in [1.82, 2.24) is 20.4 Å². The third-order valence-corrected chi connectivity index (χ3v) is 4.95. The first-order chi connectivity index (χ1) is 11.0. The highest BCUT2D eigenvalue weighted by Gasteiger charge is 2.34. The zero-order chi connectivity index (χ0) is 16.4. The van der Waals surface area contributed by atoms with Gasteiger partial charge in [-0.3, -0.25) is 9.48 Å². The second-order valence-electron chi connectivity index (χ2n) is 6.11. The molecular weight excluding hydrogens is 356 g/mol. The van der Waals surface area contributed by atoms with E-state index in [1.807, 2.05) is 31.6 Å². The maximum atomic E-state index is 12.6. The lowest BCUT2D eigenvalue weighted by molar-refractivity contribution is -0.125. The molecule has 0 saturated carbocycles. The molecule has 23 heavy (non-hydrogen) atoms. The number of benzene rings is 1. The number of aromatic nitrogens is 2. The molecule has 1 aliphatic rings. The van der Waals surface area contributed by atoms with Crippen molar-refractivity contribution in [3.63, 3.8) is 0 Å². The summed E-state index contributed by atoms with van der Waals surface area (Å²) in [5, 5.41) is 10.6. The first-order valence-corrected chi connectivity index (χ1v) is 8.56. The minimum absolute atomic E-state index is 0.0463. The monoisotopic (exact) mass is 376 g/mol. The molecule has 1 saturated heterocycles. The summed E-state index contributed by atoms with van der Waals surface area (Å²) in [5.41, 5.74) is 3.44. The maximum absolute atomic E-state index is 12.6. The van der Waals surface area contributed by atoms with Crippen molar-refractivity contribution in [2.24, 2.45) is 13.0 Å². The number of rotatable bonds is 4. The van der Waals surface area contributed by atoms with E-state index in [9.17, 15) is 4.79 Å². The van der Waals surface area contributed by atoms with Crippen molar-refractivity contribution >= 4 is 21.8 Å². The van der Waals surface area contributed by atoms with E-state index in [0.29, 0.717) is 13.1 Å². The smallest absolute Gasteiger partial charge is 0.225 e. The Bertz CT molecular complexity index is 712. The predicted octanol–water partition coefficient (Wildman–Crippen LogP) is 2.11. The number of nitrogens with zero attached hydrogens (tertiary/aromatic N) is 2. The summed E-state index contributed by atoms with van der Waals surface area (Å²) in [6.07, 6.45) is 3.85. The molecule has 6 heteroatoms. The van der Waals surface area contributed by atoms with E-state index in [2.05, 4.69) is 44.7 Å². The number of carbonyl (C=O) groups is 1. The van der Waals surface area contributed by atoms with Crippen molar-refractivity contribution in [1.29, 1.82) is 0 Å². The Morgan fingerprint density at radius 2 is 2.30 bits per heavy atom. The van der Waals surface area contributed by atoms with Crippen molar-refractivity contribution in [3.8, 4) is 0 Å². The van der Waals surface area contributed by atoms with E-state index in [1.165, 1.54) is 5.56 Å². The fraction of sp³-hybridized carbons (Fsp3) is 0.412. The molecule has 1 aromatic carbocycles. The molecule has 1 fully saturated rings. The van der Waals surface area contributed by atoms with Gasteiger partial charge in [-0.15, -0.1) is 0 Å². The quantitative estimate of drug-likeness (QED) is 0.858. The van der Waals surface area contributed by atoms with Gasteiger partial charge in [0.25, 0.3) is 0 Å². The summed E-state index contributed by atoms with van der Waals surface area (Å²) >= 11 is 3.46. The number of aryl methyl sites for hydroxylation is 2. The lowest BCUT2D eigenvalue weighted by atomic mass is 9.90. The summed E-state index contributed by atoms with van der Waals surface area (Å²) in [6.45, 7) is 4.15. The van der Waals surface area contributed by atoms with Gasteiger partial charge in [0.2, 0.25) is 5.91 Å². The lowest BCUT2D eigenvalue weighted by Crippen LogP contribution is -2.34. The minimum atomic E-state index is -0.0463. The normalized spacial score (nSPS) is 20.7. The Morgan fingerprint density at radius 3 is 3.00 bits per heavy atom. The zero-order valence-corrected chi connectivity index (χ0v) is 14.9. The third-order valence-electron chi connectivity index (χ3n) is 4.46. The first-order valence-electron chi connectivity index (χ1n) is 7.76. The largest absolute Gasteiger partial charge is 0.352 e. The van der Waals surface area contributed by atoms with Crippen molar-refractivity contribution < 1.29 is 4.79 Å². The van der Waals surface area contributed by atoms with Gasteiger partial charge in [0.05, 0.1) is 12.1 Å². The molecule has 0 aliphatic carbocycles. The second kappa shape index (κ2) is 6.84. The molecule has 3 rings (SSSR count). The number of hydrogen-bond donors (Lipinski definition) is 2. The Balaban J connectivity index is 1.65. The van der Waals surface area contributed by atoms with Crippen LogP contribution in [0, 0.1) is 12.8 Å². The summed E-state index contributed by atoms with van der Waals surface area (Å²) in [5.74, 6) is 0.246. The highest BCUT2D eigenvalue weighted by atomic mass is 79.9. The van der Waals surface area contributed by atoms with Gasteiger partial charge in [-0.1, -0.05) is 22.0 Å². The van der Waals surface area contributed by atoms with Gasteiger partial charge < -0.3 is 10.6 Å². The van der Waals surface area contributed by atoms with Crippen molar-refractivity contribution in [2.45, 2.75) is 19.4 Å². The highest BCUT2D eigenvalue weighted by Crippen LogP contribution is 2.28. The molecule has 1 aliphatic heterocycles. The summed E-state index contributed by atoms with van der Waals surface area (Å²) in [7, 11) is 1.90. The summed E-state index contributed by atoms with van der Waals surface area (Å²) in [6, 6.07) is 6.12. The Hall–Kier alpha value is -1.66. The van der Waals surface area contributed by atoms with Crippen LogP contribution in [-0.2, 0) is 18.4 Å². The number of amides is 1. The molecule has 0 unspecified atom stereocenters. The topological polar surface area (TPSA) is 59.0 Å². The van der Waals surface area contributed by atoms with Gasteiger partial charge in [-0.2, -0.15) is 5.10 Å². The summed E-state index contributed by atoms with van der Waals surface area (Å²) < 4.78 is 2.84. The van der Waals surface area contributed by atoms with E-state index in [0.717, 1.165) is 22.1 Å². The van der Waals surface area contributed by atoms with E-state index in [4.69, 9.17) is 0 Å². The molecule has 0 bridgehead atoms. The third kappa shape index (κ3) is 3.64. The van der Waals surface area contributed by atoms with E-state index in [-0.39, 0.29) is 17.7 Å². The van der Waals surface area contributed by atoms with Gasteiger partial charge in [-0.25, -0.2) is 0 Å². The van der Waals surface area contributed by atoms with Crippen LogP contribution in [0.3, 0.4) is 0 Å². The SMILES string of the molecule is Cc1cc(Br)ccc1CNC(=O)[C@H]1CNC[C@@H]1c1cnn(C)c1. The Labute approximate surface area is 144 Å². The molecule has 122 valence electrons. The molecule has 5 nitrogen and oxygen atoms in total. The van der Waals surface area contributed by atoms with Crippen LogP contribution in [0.2, 0.25) is 0 Å². The Morgan fingerprint density at radius 1 is 1.48 bits per heavy atom. The second-order valence-corrected chi connectivity index (χ2v) is 7.02. The molecule has 2 aromatic rings. The average molecular weight is 377 g/mol. The lowest BCUT2D eigenvalue weighted by Gasteiger charge is -2.17. The molecule has 1 amide bonds. The van der Waals surface area contributed by atoms with Gasteiger partial charge in [0.15, 0.2) is 0 Å². The van der Waals surface area contributed by atoms with Crippen LogP contribution in [-0.4, -0.2) is 28.8 Å². The molecule has 0 radical (unpaired) electrons. The van der Waals surface area contributed by atoms with Crippen LogP contribution < -0.4 is 10.6 Å². The zero-order valence-electron chi connectivity index (χ0n) is 13.3. The fourth-order valence-electron chi connectivity index (χ4n) is 3.11. The molecule has 2 heterocycles. The number of halogens is 1. The van der Waals surface area contributed by atoms with Gasteiger partial charge in [-0.05, 0) is 35.7 Å². The van der Waals surface area contributed by atoms with Gasteiger partial charge >= 0.3 is 0 Å². The molecule has 2 N–H and O–H groups in total. The van der Waals surface area contributed by atoms with Gasteiger partial charge in [0, 0.05) is 43.3 Å².